The monoisotopic (exact) mass is 237 g/mol. The van der Waals surface area contributed by atoms with Crippen molar-refractivity contribution in [1.29, 1.82) is 0 Å². The summed E-state index contributed by atoms with van der Waals surface area (Å²) in [6.45, 7) is 0.0626. The molecule has 0 aliphatic rings. The van der Waals surface area contributed by atoms with Gasteiger partial charge in [-0.25, -0.2) is 0 Å². The number of para-hydroxylation sites is 1. The van der Waals surface area contributed by atoms with E-state index in [2.05, 4.69) is 0 Å². The summed E-state index contributed by atoms with van der Waals surface area (Å²) in [6.07, 6.45) is 0. The first-order chi connectivity index (χ1) is 7.99. The van der Waals surface area contributed by atoms with Gasteiger partial charge in [-0.1, -0.05) is 18.2 Å². The predicted octanol–water partition coefficient (Wildman–Crippen LogP) is -0.835. The van der Waals surface area contributed by atoms with E-state index in [1.807, 2.05) is 0 Å². The van der Waals surface area contributed by atoms with Crippen LogP contribution in [0.4, 0.5) is 0 Å². The van der Waals surface area contributed by atoms with E-state index < -0.39 is 11.8 Å². The molecule has 0 heterocycles. The summed E-state index contributed by atoms with van der Waals surface area (Å²) in [6, 6.07) is 6.67. The Hall–Kier alpha value is -2.08. The van der Waals surface area contributed by atoms with Crippen molar-refractivity contribution in [3.8, 4) is 5.75 Å². The molecule has 2 amide bonds. The van der Waals surface area contributed by atoms with E-state index in [0.717, 1.165) is 0 Å². The molecule has 0 radical (unpaired) electrons. The zero-order valence-electron chi connectivity index (χ0n) is 9.30. The summed E-state index contributed by atoms with van der Waals surface area (Å²) in [5, 5.41) is 9.57. The molecule has 17 heavy (non-hydrogen) atoms. The number of rotatable bonds is 6. The highest BCUT2D eigenvalue weighted by molar-refractivity contribution is 5.79. The lowest BCUT2D eigenvalue weighted by Gasteiger charge is -2.19. The Bertz CT molecular complexity index is 404. The van der Waals surface area contributed by atoms with Crippen LogP contribution in [0.15, 0.2) is 24.3 Å². The smallest absolute Gasteiger partial charge is 0.231 e. The SMILES string of the molecule is NC(=O)CN(CC(N)=O)Cc1ccccc1O. The van der Waals surface area contributed by atoms with Crippen LogP contribution < -0.4 is 11.5 Å². The summed E-state index contributed by atoms with van der Waals surface area (Å²) in [7, 11) is 0. The quantitative estimate of drug-likeness (QED) is 0.599. The number of nitrogens with zero attached hydrogens (tertiary/aromatic N) is 1. The highest BCUT2D eigenvalue weighted by Crippen LogP contribution is 2.17. The molecule has 0 unspecified atom stereocenters. The fraction of sp³-hybridized carbons (Fsp3) is 0.273. The molecule has 1 rings (SSSR count). The summed E-state index contributed by atoms with van der Waals surface area (Å²) >= 11 is 0. The molecule has 0 aliphatic heterocycles. The first-order valence-electron chi connectivity index (χ1n) is 5.05. The van der Waals surface area contributed by atoms with E-state index >= 15 is 0 Å². The van der Waals surface area contributed by atoms with Crippen LogP contribution in [0.25, 0.3) is 0 Å². The van der Waals surface area contributed by atoms with Crippen molar-refractivity contribution in [2.45, 2.75) is 6.54 Å². The number of carbonyl (C=O) groups excluding carboxylic acids is 2. The van der Waals surface area contributed by atoms with Gasteiger partial charge in [-0.15, -0.1) is 0 Å². The average Bonchev–Trinajstić information content (AvgIpc) is 2.19. The van der Waals surface area contributed by atoms with Crippen molar-refractivity contribution in [3.63, 3.8) is 0 Å². The number of aromatic hydroxyl groups is 1. The lowest BCUT2D eigenvalue weighted by molar-refractivity contribution is -0.122. The van der Waals surface area contributed by atoms with E-state index in [9.17, 15) is 14.7 Å². The first-order valence-corrected chi connectivity index (χ1v) is 5.05. The number of nitrogens with two attached hydrogens (primary N) is 2. The molecule has 5 N–H and O–H groups in total. The Morgan fingerprint density at radius 3 is 2.12 bits per heavy atom. The maximum absolute atomic E-state index is 10.8. The van der Waals surface area contributed by atoms with Gasteiger partial charge in [0.15, 0.2) is 0 Å². The molecule has 92 valence electrons. The molecule has 1 aromatic rings. The van der Waals surface area contributed by atoms with Gasteiger partial charge < -0.3 is 16.6 Å². The van der Waals surface area contributed by atoms with Crippen molar-refractivity contribution in [3.05, 3.63) is 29.8 Å². The van der Waals surface area contributed by atoms with E-state index in [4.69, 9.17) is 11.5 Å². The van der Waals surface area contributed by atoms with Crippen molar-refractivity contribution in [1.82, 2.24) is 4.90 Å². The van der Waals surface area contributed by atoms with Crippen molar-refractivity contribution in [2.24, 2.45) is 11.5 Å². The van der Waals surface area contributed by atoms with Crippen LogP contribution in [-0.2, 0) is 16.1 Å². The standard InChI is InChI=1S/C11H15N3O3/c12-10(16)6-14(7-11(13)17)5-8-3-1-2-4-9(8)15/h1-4,15H,5-7H2,(H2,12,16)(H2,13,17). The Kier molecular flexibility index (Phi) is 4.47. The summed E-state index contributed by atoms with van der Waals surface area (Å²) in [4.78, 5) is 23.1. The Labute approximate surface area is 98.8 Å². The third-order valence-electron chi connectivity index (χ3n) is 2.14. The third kappa shape index (κ3) is 4.52. The molecule has 0 saturated carbocycles. The third-order valence-corrected chi connectivity index (χ3v) is 2.14. The lowest BCUT2D eigenvalue weighted by atomic mass is 10.2. The molecule has 0 aromatic heterocycles. The van der Waals surface area contributed by atoms with Gasteiger partial charge in [0.1, 0.15) is 5.75 Å². The van der Waals surface area contributed by atoms with Crippen molar-refractivity contribution < 1.29 is 14.7 Å². The minimum Gasteiger partial charge on any atom is -0.508 e. The van der Waals surface area contributed by atoms with E-state index in [1.54, 1.807) is 18.2 Å². The molecular weight excluding hydrogens is 222 g/mol. The molecule has 6 heteroatoms. The molecule has 0 spiro atoms. The van der Waals surface area contributed by atoms with Gasteiger partial charge in [0, 0.05) is 12.1 Å². The summed E-state index contributed by atoms with van der Waals surface area (Å²) in [5.41, 5.74) is 10.7. The average molecular weight is 237 g/mol. The topological polar surface area (TPSA) is 110 Å². The van der Waals surface area contributed by atoms with Crippen molar-refractivity contribution >= 4 is 11.8 Å². The number of primary amides is 2. The van der Waals surface area contributed by atoms with Crippen LogP contribution >= 0.6 is 0 Å². The van der Waals surface area contributed by atoms with Gasteiger partial charge in [0.2, 0.25) is 11.8 Å². The number of amides is 2. The van der Waals surface area contributed by atoms with Gasteiger partial charge in [0.05, 0.1) is 13.1 Å². The summed E-state index contributed by atoms with van der Waals surface area (Å²) in [5.74, 6) is -1.00. The summed E-state index contributed by atoms with van der Waals surface area (Å²) < 4.78 is 0. The van der Waals surface area contributed by atoms with Gasteiger partial charge in [-0.3, -0.25) is 14.5 Å². The van der Waals surface area contributed by atoms with E-state index in [0.29, 0.717) is 5.56 Å². The predicted molar refractivity (Wildman–Crippen MR) is 61.8 cm³/mol. The molecule has 0 aliphatic carbocycles. The number of phenolic OH excluding ortho intramolecular Hbond substituents is 1. The van der Waals surface area contributed by atoms with Gasteiger partial charge in [-0.2, -0.15) is 0 Å². The number of hydrogen-bond acceptors (Lipinski definition) is 4. The number of carbonyl (C=O) groups is 2. The molecular formula is C11H15N3O3. The Balaban J connectivity index is 2.75. The van der Waals surface area contributed by atoms with Crippen molar-refractivity contribution in [2.75, 3.05) is 13.1 Å². The number of phenols is 1. The maximum atomic E-state index is 10.8. The molecule has 0 saturated heterocycles. The highest BCUT2D eigenvalue weighted by Gasteiger charge is 2.13. The van der Waals surface area contributed by atoms with Gasteiger partial charge in [0.25, 0.3) is 0 Å². The fourth-order valence-electron chi connectivity index (χ4n) is 1.49. The largest absolute Gasteiger partial charge is 0.508 e. The first kappa shape index (κ1) is 13.0. The van der Waals surface area contributed by atoms with E-state index in [1.165, 1.54) is 11.0 Å². The maximum Gasteiger partial charge on any atom is 0.231 e. The second-order valence-corrected chi connectivity index (χ2v) is 3.71. The van der Waals surface area contributed by atoms with Crippen LogP contribution in [0.5, 0.6) is 5.75 Å². The molecule has 1 aromatic carbocycles. The van der Waals surface area contributed by atoms with Gasteiger partial charge in [-0.05, 0) is 6.07 Å². The number of benzene rings is 1. The highest BCUT2D eigenvalue weighted by atomic mass is 16.3. The molecule has 0 fully saturated rings. The van der Waals surface area contributed by atoms with Crippen LogP contribution in [0.3, 0.4) is 0 Å². The molecule has 0 bridgehead atoms. The zero-order valence-corrected chi connectivity index (χ0v) is 9.30. The molecule has 0 atom stereocenters. The lowest BCUT2D eigenvalue weighted by Crippen LogP contribution is -2.39. The Morgan fingerprint density at radius 2 is 1.65 bits per heavy atom. The van der Waals surface area contributed by atoms with Gasteiger partial charge >= 0.3 is 0 Å². The second-order valence-electron chi connectivity index (χ2n) is 3.71. The minimum absolute atomic E-state index is 0.0860. The minimum atomic E-state index is -0.554. The second kappa shape index (κ2) is 5.86. The van der Waals surface area contributed by atoms with Crippen LogP contribution in [0.1, 0.15) is 5.56 Å². The van der Waals surface area contributed by atoms with Crippen LogP contribution in [0.2, 0.25) is 0 Å². The van der Waals surface area contributed by atoms with Crippen LogP contribution in [-0.4, -0.2) is 34.9 Å². The normalized spacial score (nSPS) is 10.4. The zero-order chi connectivity index (χ0) is 12.8. The Morgan fingerprint density at radius 1 is 1.12 bits per heavy atom. The fourth-order valence-corrected chi connectivity index (χ4v) is 1.49. The number of hydrogen-bond donors (Lipinski definition) is 3. The van der Waals surface area contributed by atoms with Crippen LogP contribution in [0, 0.1) is 0 Å². The molecule has 6 nitrogen and oxygen atoms in total. The van der Waals surface area contributed by atoms with E-state index in [-0.39, 0.29) is 25.4 Å².